The van der Waals surface area contributed by atoms with Crippen LogP contribution in [0.25, 0.3) is 0 Å². The van der Waals surface area contributed by atoms with Crippen molar-refractivity contribution in [2.45, 2.75) is 46.2 Å². The molecule has 1 atom stereocenters. The summed E-state index contributed by atoms with van der Waals surface area (Å²) in [6.07, 6.45) is 2.04. The molecule has 1 rings (SSSR count). The summed E-state index contributed by atoms with van der Waals surface area (Å²) in [6.45, 7) is 10.4. The summed E-state index contributed by atoms with van der Waals surface area (Å²) in [5.41, 5.74) is 2.31. The quantitative estimate of drug-likeness (QED) is 0.333. The summed E-state index contributed by atoms with van der Waals surface area (Å²) < 4.78 is 11.0. The zero-order chi connectivity index (χ0) is 20.1. The SMILES string of the molecule is CCC(C)N(C)CCNC(=NC)NCc1ccc(C)cc1OCCCOC. The van der Waals surface area contributed by atoms with E-state index in [9.17, 15) is 0 Å². The number of aryl methyl sites for hydroxylation is 1. The summed E-state index contributed by atoms with van der Waals surface area (Å²) in [5, 5.41) is 6.76. The molecule has 0 amide bonds. The lowest BCUT2D eigenvalue weighted by atomic mass is 10.1. The molecule has 1 unspecified atom stereocenters. The predicted molar refractivity (Wildman–Crippen MR) is 114 cm³/mol. The molecule has 2 N–H and O–H groups in total. The molecule has 0 heterocycles. The molecule has 0 aliphatic heterocycles. The Hall–Kier alpha value is -1.79. The molecule has 0 bridgehead atoms. The van der Waals surface area contributed by atoms with Gasteiger partial charge in [0.15, 0.2) is 5.96 Å². The predicted octanol–water partition coefficient (Wildman–Crippen LogP) is 2.81. The number of nitrogens with zero attached hydrogens (tertiary/aromatic N) is 2. The van der Waals surface area contributed by atoms with Crippen molar-refractivity contribution in [3.05, 3.63) is 29.3 Å². The highest BCUT2D eigenvalue weighted by atomic mass is 16.5. The monoisotopic (exact) mass is 378 g/mol. The van der Waals surface area contributed by atoms with Gasteiger partial charge in [-0.3, -0.25) is 4.99 Å². The molecule has 0 radical (unpaired) electrons. The van der Waals surface area contributed by atoms with Gasteiger partial charge in [0.25, 0.3) is 0 Å². The van der Waals surface area contributed by atoms with Crippen molar-refractivity contribution in [3.63, 3.8) is 0 Å². The molecule has 0 fully saturated rings. The van der Waals surface area contributed by atoms with Crippen LogP contribution >= 0.6 is 0 Å². The molecule has 154 valence electrons. The van der Waals surface area contributed by atoms with Crippen LogP contribution < -0.4 is 15.4 Å². The molecule has 6 heteroatoms. The number of hydrogen-bond donors (Lipinski definition) is 2. The molecule has 1 aromatic rings. The van der Waals surface area contributed by atoms with E-state index in [2.05, 4.69) is 66.5 Å². The molecule has 0 spiro atoms. The van der Waals surface area contributed by atoms with Crippen molar-refractivity contribution in [2.75, 3.05) is 47.5 Å². The number of rotatable bonds is 12. The molecule has 6 nitrogen and oxygen atoms in total. The van der Waals surface area contributed by atoms with Gasteiger partial charge >= 0.3 is 0 Å². The smallest absolute Gasteiger partial charge is 0.191 e. The fourth-order valence-electron chi connectivity index (χ4n) is 2.61. The molecule has 27 heavy (non-hydrogen) atoms. The largest absolute Gasteiger partial charge is 0.493 e. The number of benzene rings is 1. The lowest BCUT2D eigenvalue weighted by Gasteiger charge is -2.24. The van der Waals surface area contributed by atoms with E-state index >= 15 is 0 Å². The molecule has 0 aromatic heterocycles. The third-order valence-electron chi connectivity index (χ3n) is 4.74. The number of ether oxygens (including phenoxy) is 2. The summed E-state index contributed by atoms with van der Waals surface area (Å²) in [4.78, 5) is 6.67. The van der Waals surface area contributed by atoms with Gasteiger partial charge in [-0.1, -0.05) is 19.1 Å². The van der Waals surface area contributed by atoms with Crippen LogP contribution in [0.2, 0.25) is 0 Å². The van der Waals surface area contributed by atoms with E-state index in [-0.39, 0.29) is 0 Å². The van der Waals surface area contributed by atoms with Crippen LogP contribution in [0.5, 0.6) is 5.75 Å². The zero-order valence-corrected chi connectivity index (χ0v) is 18.0. The van der Waals surface area contributed by atoms with Crippen LogP contribution in [0.15, 0.2) is 23.2 Å². The fraction of sp³-hybridized carbons (Fsp3) is 0.667. The van der Waals surface area contributed by atoms with Gasteiger partial charge in [0.05, 0.1) is 6.61 Å². The Morgan fingerprint density at radius 3 is 2.70 bits per heavy atom. The molecule has 0 saturated carbocycles. The van der Waals surface area contributed by atoms with Crippen LogP contribution in [0.1, 0.15) is 37.8 Å². The van der Waals surface area contributed by atoms with Gasteiger partial charge < -0.3 is 25.0 Å². The Balaban J connectivity index is 2.51. The summed E-state index contributed by atoms with van der Waals surface area (Å²) in [5.74, 6) is 1.73. The third kappa shape index (κ3) is 9.11. The normalized spacial score (nSPS) is 12.9. The second-order valence-corrected chi connectivity index (χ2v) is 6.90. The minimum Gasteiger partial charge on any atom is -0.493 e. The first kappa shape index (κ1) is 23.2. The number of nitrogens with one attached hydrogen (secondary N) is 2. The van der Waals surface area contributed by atoms with Crippen molar-refractivity contribution >= 4 is 5.96 Å². The van der Waals surface area contributed by atoms with Crippen LogP contribution in [0, 0.1) is 6.92 Å². The van der Waals surface area contributed by atoms with E-state index in [4.69, 9.17) is 9.47 Å². The lowest BCUT2D eigenvalue weighted by molar-refractivity contribution is 0.171. The average Bonchev–Trinajstić information content (AvgIpc) is 2.68. The summed E-state index contributed by atoms with van der Waals surface area (Å²) in [6, 6.07) is 6.89. The first-order valence-electron chi connectivity index (χ1n) is 9.87. The van der Waals surface area contributed by atoms with Gasteiger partial charge in [0.1, 0.15) is 5.75 Å². The van der Waals surface area contributed by atoms with Gasteiger partial charge in [-0.2, -0.15) is 0 Å². The Kier molecular flexibility index (Phi) is 11.5. The molecular formula is C21H38N4O2. The van der Waals surface area contributed by atoms with E-state index in [1.807, 2.05) is 0 Å². The highest BCUT2D eigenvalue weighted by molar-refractivity contribution is 5.79. The maximum Gasteiger partial charge on any atom is 0.191 e. The highest BCUT2D eigenvalue weighted by Crippen LogP contribution is 2.20. The van der Waals surface area contributed by atoms with E-state index in [1.165, 1.54) is 5.56 Å². The molecule has 1 aromatic carbocycles. The fourth-order valence-corrected chi connectivity index (χ4v) is 2.61. The van der Waals surface area contributed by atoms with Crippen molar-refractivity contribution in [1.29, 1.82) is 0 Å². The molecule has 0 aliphatic carbocycles. The van der Waals surface area contributed by atoms with Crippen LogP contribution in [-0.2, 0) is 11.3 Å². The zero-order valence-electron chi connectivity index (χ0n) is 18.0. The van der Waals surface area contributed by atoms with E-state index in [0.717, 1.165) is 43.2 Å². The lowest BCUT2D eigenvalue weighted by Crippen LogP contribution is -2.42. The average molecular weight is 379 g/mol. The number of methoxy groups -OCH3 is 1. The van der Waals surface area contributed by atoms with E-state index < -0.39 is 0 Å². The Labute approximate surface area is 165 Å². The Bertz CT molecular complexity index is 563. The maximum absolute atomic E-state index is 5.95. The number of hydrogen-bond acceptors (Lipinski definition) is 4. The standard InChI is InChI=1S/C21H38N4O2/c1-7-18(3)25(5)12-11-23-21(22-4)24-16-19-10-9-17(2)15-20(19)27-14-8-13-26-6/h9-10,15,18H,7-8,11-14,16H2,1-6H3,(H2,22,23,24). The first-order valence-corrected chi connectivity index (χ1v) is 9.87. The second kappa shape index (κ2) is 13.4. The van der Waals surface area contributed by atoms with E-state index in [0.29, 0.717) is 25.8 Å². The van der Waals surface area contributed by atoms with Gasteiger partial charge in [-0.25, -0.2) is 0 Å². The van der Waals surface area contributed by atoms with Crippen molar-refractivity contribution < 1.29 is 9.47 Å². The third-order valence-corrected chi connectivity index (χ3v) is 4.74. The van der Waals surface area contributed by atoms with Crippen molar-refractivity contribution in [1.82, 2.24) is 15.5 Å². The Morgan fingerprint density at radius 2 is 2.04 bits per heavy atom. The van der Waals surface area contributed by atoms with Crippen LogP contribution in [0.4, 0.5) is 0 Å². The van der Waals surface area contributed by atoms with Gasteiger partial charge in [0.2, 0.25) is 0 Å². The minimum atomic E-state index is 0.590. The highest BCUT2D eigenvalue weighted by Gasteiger charge is 2.08. The second-order valence-electron chi connectivity index (χ2n) is 6.90. The minimum absolute atomic E-state index is 0.590. The maximum atomic E-state index is 5.95. The van der Waals surface area contributed by atoms with Crippen molar-refractivity contribution in [2.24, 2.45) is 4.99 Å². The van der Waals surface area contributed by atoms with Gasteiger partial charge in [-0.15, -0.1) is 0 Å². The number of aliphatic imine (C=N–C) groups is 1. The first-order chi connectivity index (χ1) is 13.0. The molecule has 0 aliphatic rings. The van der Waals surface area contributed by atoms with E-state index in [1.54, 1.807) is 14.2 Å². The van der Waals surface area contributed by atoms with Crippen molar-refractivity contribution in [3.8, 4) is 5.75 Å². The van der Waals surface area contributed by atoms with Crippen LogP contribution in [0.3, 0.4) is 0 Å². The molecular weight excluding hydrogens is 340 g/mol. The summed E-state index contributed by atoms with van der Waals surface area (Å²) in [7, 11) is 5.66. The Morgan fingerprint density at radius 1 is 1.26 bits per heavy atom. The number of guanidine groups is 1. The topological polar surface area (TPSA) is 58.1 Å². The van der Waals surface area contributed by atoms with Crippen LogP contribution in [-0.4, -0.2) is 64.4 Å². The number of likely N-dealkylation sites (N-methyl/N-ethyl adjacent to an activating group) is 1. The molecule has 0 saturated heterocycles. The van der Waals surface area contributed by atoms with Gasteiger partial charge in [-0.05, 0) is 38.9 Å². The summed E-state index contributed by atoms with van der Waals surface area (Å²) >= 11 is 0. The van der Waals surface area contributed by atoms with Gasteiger partial charge in [0, 0.05) is 58.4 Å².